The van der Waals surface area contributed by atoms with E-state index in [0.717, 1.165) is 20.7 Å². The molecule has 1 fully saturated rings. The molecule has 2 heterocycles. The van der Waals surface area contributed by atoms with E-state index in [1.807, 2.05) is 29.2 Å². The standard InChI is InChI=1S/C14H15NO3S/c1-17-11-2-3-12-10(8-11)9-13(19-12)14(16)15-4-6-18-7-5-15/h2-3,8-9H,4-7H2,1H3. The number of rotatable bonds is 2. The summed E-state index contributed by atoms with van der Waals surface area (Å²) in [7, 11) is 1.65. The Morgan fingerprint density at radius 1 is 1.32 bits per heavy atom. The number of carbonyl (C=O) groups excluding carboxylic acids is 1. The summed E-state index contributed by atoms with van der Waals surface area (Å²) in [6.45, 7) is 2.61. The van der Waals surface area contributed by atoms with Crippen LogP contribution in [0.3, 0.4) is 0 Å². The molecule has 0 N–H and O–H groups in total. The maximum Gasteiger partial charge on any atom is 0.264 e. The van der Waals surface area contributed by atoms with Crippen LogP contribution in [0.2, 0.25) is 0 Å². The highest BCUT2D eigenvalue weighted by Crippen LogP contribution is 2.29. The minimum absolute atomic E-state index is 0.100. The van der Waals surface area contributed by atoms with Gasteiger partial charge in [-0.15, -0.1) is 11.3 Å². The zero-order valence-corrected chi connectivity index (χ0v) is 11.5. The molecule has 0 aliphatic carbocycles. The third-order valence-corrected chi connectivity index (χ3v) is 4.34. The fraction of sp³-hybridized carbons (Fsp3) is 0.357. The van der Waals surface area contributed by atoms with Crippen molar-refractivity contribution in [3.05, 3.63) is 29.1 Å². The molecular formula is C14H15NO3S. The molecule has 1 saturated heterocycles. The van der Waals surface area contributed by atoms with E-state index in [4.69, 9.17) is 9.47 Å². The van der Waals surface area contributed by atoms with Crippen LogP contribution in [-0.2, 0) is 4.74 Å². The second kappa shape index (κ2) is 5.19. The number of hydrogen-bond donors (Lipinski definition) is 0. The van der Waals surface area contributed by atoms with E-state index in [1.165, 1.54) is 11.3 Å². The molecule has 3 rings (SSSR count). The average molecular weight is 277 g/mol. The highest BCUT2D eigenvalue weighted by molar-refractivity contribution is 7.20. The van der Waals surface area contributed by atoms with Gasteiger partial charge in [0.05, 0.1) is 25.2 Å². The fourth-order valence-electron chi connectivity index (χ4n) is 2.18. The van der Waals surface area contributed by atoms with Gasteiger partial charge in [0.1, 0.15) is 5.75 Å². The topological polar surface area (TPSA) is 38.8 Å². The summed E-state index contributed by atoms with van der Waals surface area (Å²) in [5.41, 5.74) is 0. The summed E-state index contributed by atoms with van der Waals surface area (Å²) in [5, 5.41) is 1.06. The Kier molecular flexibility index (Phi) is 3.40. The number of amides is 1. The van der Waals surface area contributed by atoms with Crippen LogP contribution in [0.4, 0.5) is 0 Å². The lowest BCUT2D eigenvalue weighted by Gasteiger charge is -2.26. The molecule has 0 spiro atoms. The molecule has 0 bridgehead atoms. The van der Waals surface area contributed by atoms with E-state index in [-0.39, 0.29) is 5.91 Å². The second-order valence-corrected chi connectivity index (χ2v) is 5.50. The Hall–Kier alpha value is -1.59. The number of nitrogens with zero attached hydrogens (tertiary/aromatic N) is 1. The van der Waals surface area contributed by atoms with Crippen LogP contribution in [0.5, 0.6) is 5.75 Å². The van der Waals surface area contributed by atoms with Gasteiger partial charge in [-0.25, -0.2) is 0 Å². The molecule has 1 aromatic heterocycles. The molecule has 4 nitrogen and oxygen atoms in total. The van der Waals surface area contributed by atoms with Crippen LogP contribution in [0.1, 0.15) is 9.67 Å². The summed E-state index contributed by atoms with van der Waals surface area (Å²) >= 11 is 1.53. The average Bonchev–Trinajstić information content (AvgIpc) is 2.90. The Balaban J connectivity index is 1.89. The van der Waals surface area contributed by atoms with E-state index in [1.54, 1.807) is 7.11 Å². The Morgan fingerprint density at radius 3 is 2.84 bits per heavy atom. The molecule has 1 amide bonds. The predicted octanol–water partition coefficient (Wildman–Crippen LogP) is 2.38. The minimum atomic E-state index is 0.100. The smallest absolute Gasteiger partial charge is 0.264 e. The number of thiophene rings is 1. The van der Waals surface area contributed by atoms with Crippen molar-refractivity contribution < 1.29 is 14.3 Å². The zero-order chi connectivity index (χ0) is 13.2. The lowest BCUT2D eigenvalue weighted by molar-refractivity contribution is 0.0306. The quantitative estimate of drug-likeness (QED) is 0.846. The van der Waals surface area contributed by atoms with Gasteiger partial charge in [-0.2, -0.15) is 0 Å². The first-order valence-electron chi connectivity index (χ1n) is 6.22. The fourth-order valence-corrected chi connectivity index (χ4v) is 3.19. The summed E-state index contributed by atoms with van der Waals surface area (Å²) in [4.78, 5) is 15.0. The Labute approximate surface area is 115 Å². The zero-order valence-electron chi connectivity index (χ0n) is 10.7. The molecule has 19 heavy (non-hydrogen) atoms. The molecule has 0 unspecified atom stereocenters. The van der Waals surface area contributed by atoms with Crippen molar-refractivity contribution in [1.29, 1.82) is 0 Å². The molecule has 1 aromatic carbocycles. The van der Waals surface area contributed by atoms with Gasteiger partial charge >= 0.3 is 0 Å². The Morgan fingerprint density at radius 2 is 2.11 bits per heavy atom. The first-order chi connectivity index (χ1) is 9.28. The second-order valence-electron chi connectivity index (χ2n) is 4.42. The van der Waals surface area contributed by atoms with Crippen molar-refractivity contribution in [1.82, 2.24) is 4.90 Å². The molecule has 1 aliphatic heterocycles. The summed E-state index contributed by atoms with van der Waals surface area (Å²) in [6.07, 6.45) is 0. The van der Waals surface area contributed by atoms with Gasteiger partial charge in [0, 0.05) is 17.8 Å². The molecule has 0 radical (unpaired) electrons. The minimum Gasteiger partial charge on any atom is -0.497 e. The van der Waals surface area contributed by atoms with E-state index in [2.05, 4.69) is 0 Å². The van der Waals surface area contributed by atoms with Crippen LogP contribution in [0.25, 0.3) is 10.1 Å². The third-order valence-electron chi connectivity index (χ3n) is 3.23. The SMILES string of the molecule is COc1ccc2sc(C(=O)N3CCOCC3)cc2c1. The number of fused-ring (bicyclic) bond motifs is 1. The first-order valence-corrected chi connectivity index (χ1v) is 7.04. The number of methoxy groups -OCH3 is 1. The summed E-state index contributed by atoms with van der Waals surface area (Å²) < 4.78 is 11.6. The van der Waals surface area contributed by atoms with E-state index in [9.17, 15) is 4.79 Å². The molecule has 1 aliphatic rings. The lowest BCUT2D eigenvalue weighted by atomic mass is 10.2. The number of benzene rings is 1. The van der Waals surface area contributed by atoms with Crippen molar-refractivity contribution in [2.24, 2.45) is 0 Å². The van der Waals surface area contributed by atoms with E-state index >= 15 is 0 Å². The first kappa shape index (κ1) is 12.4. The Bertz CT molecular complexity index is 602. The van der Waals surface area contributed by atoms with Gasteiger partial charge in [-0.1, -0.05) is 0 Å². The van der Waals surface area contributed by atoms with Gasteiger partial charge in [0.15, 0.2) is 0 Å². The highest BCUT2D eigenvalue weighted by atomic mass is 32.1. The lowest BCUT2D eigenvalue weighted by Crippen LogP contribution is -2.40. The normalized spacial score (nSPS) is 15.7. The van der Waals surface area contributed by atoms with E-state index in [0.29, 0.717) is 26.3 Å². The summed E-state index contributed by atoms with van der Waals surface area (Å²) in [6, 6.07) is 7.82. The van der Waals surface area contributed by atoms with Crippen LogP contribution in [-0.4, -0.2) is 44.2 Å². The summed E-state index contributed by atoms with van der Waals surface area (Å²) in [5.74, 6) is 0.916. The molecule has 2 aromatic rings. The number of carbonyl (C=O) groups is 1. The van der Waals surface area contributed by atoms with Crippen LogP contribution in [0, 0.1) is 0 Å². The number of ether oxygens (including phenoxy) is 2. The van der Waals surface area contributed by atoms with Gasteiger partial charge in [0.25, 0.3) is 5.91 Å². The number of hydrogen-bond acceptors (Lipinski definition) is 4. The third kappa shape index (κ3) is 2.43. The van der Waals surface area contributed by atoms with E-state index < -0.39 is 0 Å². The largest absolute Gasteiger partial charge is 0.497 e. The molecule has 5 heteroatoms. The van der Waals surface area contributed by atoms with Crippen LogP contribution >= 0.6 is 11.3 Å². The van der Waals surface area contributed by atoms with Crippen molar-refractivity contribution >= 4 is 27.3 Å². The van der Waals surface area contributed by atoms with Gasteiger partial charge in [-0.3, -0.25) is 4.79 Å². The van der Waals surface area contributed by atoms with Crippen molar-refractivity contribution in [3.8, 4) is 5.75 Å². The molecule has 0 atom stereocenters. The van der Waals surface area contributed by atoms with Crippen molar-refractivity contribution in [3.63, 3.8) is 0 Å². The highest BCUT2D eigenvalue weighted by Gasteiger charge is 2.20. The maximum absolute atomic E-state index is 12.4. The number of morpholine rings is 1. The van der Waals surface area contributed by atoms with Crippen molar-refractivity contribution in [2.75, 3.05) is 33.4 Å². The van der Waals surface area contributed by atoms with Crippen LogP contribution in [0.15, 0.2) is 24.3 Å². The van der Waals surface area contributed by atoms with Gasteiger partial charge in [0.2, 0.25) is 0 Å². The monoisotopic (exact) mass is 277 g/mol. The van der Waals surface area contributed by atoms with Crippen LogP contribution < -0.4 is 4.74 Å². The molecule has 0 saturated carbocycles. The predicted molar refractivity (Wildman–Crippen MR) is 75.1 cm³/mol. The molecular weight excluding hydrogens is 262 g/mol. The van der Waals surface area contributed by atoms with Gasteiger partial charge in [-0.05, 0) is 29.7 Å². The molecule has 100 valence electrons. The maximum atomic E-state index is 12.4. The van der Waals surface area contributed by atoms with Crippen molar-refractivity contribution in [2.45, 2.75) is 0 Å². The van der Waals surface area contributed by atoms with Gasteiger partial charge < -0.3 is 14.4 Å².